The fourth-order valence-corrected chi connectivity index (χ4v) is 4.89. The number of hydrogen-bond acceptors (Lipinski definition) is 5. The number of ether oxygens (including phenoxy) is 1. The molecule has 0 amide bonds. The van der Waals surface area contributed by atoms with Gasteiger partial charge in [0.15, 0.2) is 11.6 Å². The van der Waals surface area contributed by atoms with Crippen LogP contribution in [0.5, 0.6) is 5.75 Å². The van der Waals surface area contributed by atoms with Gasteiger partial charge in [0.2, 0.25) is 5.43 Å². The Bertz CT molecular complexity index is 1040. The van der Waals surface area contributed by atoms with Crippen molar-refractivity contribution in [3.63, 3.8) is 0 Å². The third-order valence-electron chi connectivity index (χ3n) is 6.29. The lowest BCUT2D eigenvalue weighted by Gasteiger charge is -2.31. The topological polar surface area (TPSA) is 83.8 Å². The summed E-state index contributed by atoms with van der Waals surface area (Å²) >= 11 is 0. The zero-order valence-corrected chi connectivity index (χ0v) is 15.6. The molecule has 0 aliphatic carbocycles. The van der Waals surface area contributed by atoms with Crippen LogP contribution in [0.15, 0.2) is 17.1 Å². The summed E-state index contributed by atoms with van der Waals surface area (Å²) in [5, 5.41) is 12.9. The number of carboxylic acid groups (broad SMARTS) is 1. The first-order valence-electron chi connectivity index (χ1n) is 9.71. The molecule has 5 rings (SSSR count). The summed E-state index contributed by atoms with van der Waals surface area (Å²) in [6.07, 6.45) is 3.59. The van der Waals surface area contributed by atoms with Gasteiger partial charge in [-0.1, -0.05) is 0 Å². The van der Waals surface area contributed by atoms with Crippen LogP contribution in [0.4, 0.5) is 10.1 Å². The smallest absolute Gasteiger partial charge is 0.341 e. The van der Waals surface area contributed by atoms with Crippen molar-refractivity contribution in [3.8, 4) is 5.75 Å². The van der Waals surface area contributed by atoms with Crippen molar-refractivity contribution in [3.05, 3.63) is 33.9 Å². The van der Waals surface area contributed by atoms with Gasteiger partial charge >= 0.3 is 5.97 Å². The van der Waals surface area contributed by atoms with E-state index in [1.165, 1.54) is 12.3 Å². The maximum atomic E-state index is 15.2. The number of piperidine rings is 1. The zero-order valence-electron chi connectivity index (χ0n) is 15.6. The van der Waals surface area contributed by atoms with Gasteiger partial charge in [-0.25, -0.2) is 9.18 Å². The third-order valence-corrected chi connectivity index (χ3v) is 6.29. The molecule has 0 bridgehead atoms. The van der Waals surface area contributed by atoms with E-state index in [0.29, 0.717) is 42.1 Å². The molecule has 2 N–H and O–H groups in total. The number of fused-ring (bicyclic) bond motifs is 1. The van der Waals surface area contributed by atoms with Crippen molar-refractivity contribution in [2.24, 2.45) is 5.92 Å². The fourth-order valence-electron chi connectivity index (χ4n) is 4.89. The Kier molecular flexibility index (Phi) is 3.87. The number of benzene rings is 1. The van der Waals surface area contributed by atoms with Crippen molar-refractivity contribution in [2.75, 3.05) is 31.1 Å². The van der Waals surface area contributed by atoms with Crippen molar-refractivity contribution in [1.29, 1.82) is 0 Å². The van der Waals surface area contributed by atoms with E-state index in [0.717, 1.165) is 25.9 Å². The summed E-state index contributed by atoms with van der Waals surface area (Å²) in [5.41, 5.74) is -0.171. The molecule has 3 atom stereocenters. The van der Waals surface area contributed by atoms with E-state index in [1.54, 1.807) is 4.57 Å². The number of anilines is 1. The van der Waals surface area contributed by atoms with Crippen molar-refractivity contribution in [2.45, 2.75) is 31.8 Å². The molecule has 2 saturated heterocycles. The minimum absolute atomic E-state index is 0.0532. The maximum Gasteiger partial charge on any atom is 0.341 e. The molecule has 148 valence electrons. The first kappa shape index (κ1) is 17.5. The van der Waals surface area contributed by atoms with Gasteiger partial charge in [0.1, 0.15) is 17.9 Å². The van der Waals surface area contributed by atoms with Crippen LogP contribution in [-0.2, 0) is 0 Å². The van der Waals surface area contributed by atoms with Crippen LogP contribution in [0.25, 0.3) is 10.9 Å². The van der Waals surface area contributed by atoms with Gasteiger partial charge in [-0.05, 0) is 38.3 Å². The Morgan fingerprint density at radius 2 is 2.21 bits per heavy atom. The second-order valence-electron chi connectivity index (χ2n) is 8.04. The molecule has 0 saturated carbocycles. The number of aromatic carboxylic acids is 1. The Balaban J connectivity index is 1.73. The van der Waals surface area contributed by atoms with Gasteiger partial charge in [0, 0.05) is 25.3 Å². The van der Waals surface area contributed by atoms with E-state index >= 15 is 4.39 Å². The normalized spacial score (nSPS) is 26.2. The average molecular weight is 387 g/mol. The number of hydrogen-bond donors (Lipinski definition) is 2. The van der Waals surface area contributed by atoms with E-state index in [9.17, 15) is 14.7 Å². The number of rotatable bonds is 2. The number of nitrogens with zero attached hydrogens (tertiary/aromatic N) is 2. The molecule has 4 heterocycles. The SMILES string of the molecule is C[C@H]1COc2c(N3CC4CCCNC4C3)c(F)cc3c(=O)c(C(=O)O)cn1c23. The number of carbonyl (C=O) groups is 1. The van der Waals surface area contributed by atoms with Crippen molar-refractivity contribution < 1.29 is 19.0 Å². The first-order valence-corrected chi connectivity index (χ1v) is 9.71. The van der Waals surface area contributed by atoms with E-state index in [-0.39, 0.29) is 17.0 Å². The molecule has 1 aromatic heterocycles. The standard InChI is InChI=1S/C20H22FN3O4/c1-10-9-28-19-16-12(18(25)13(20(26)27)7-24(10)16)5-14(21)17(19)23-6-11-3-2-4-22-15(11)8-23/h5,7,10-11,15,22H,2-4,6,8-9H2,1H3,(H,26,27)/t10-,11?,15?/m0/s1. The summed E-state index contributed by atoms with van der Waals surface area (Å²) < 4.78 is 22.9. The minimum atomic E-state index is -1.31. The molecular formula is C20H22FN3O4. The van der Waals surface area contributed by atoms with Gasteiger partial charge < -0.3 is 24.6 Å². The highest BCUT2D eigenvalue weighted by Crippen LogP contribution is 2.43. The Morgan fingerprint density at radius 1 is 1.39 bits per heavy atom. The second kappa shape index (κ2) is 6.20. The lowest BCUT2D eigenvalue weighted by atomic mass is 9.94. The largest absolute Gasteiger partial charge is 0.487 e. The van der Waals surface area contributed by atoms with E-state index < -0.39 is 17.2 Å². The van der Waals surface area contributed by atoms with Crippen LogP contribution in [0.2, 0.25) is 0 Å². The van der Waals surface area contributed by atoms with Crippen LogP contribution in [-0.4, -0.2) is 47.9 Å². The molecule has 8 heteroatoms. The average Bonchev–Trinajstić information content (AvgIpc) is 3.09. The predicted octanol–water partition coefficient (Wildman–Crippen LogP) is 1.98. The van der Waals surface area contributed by atoms with E-state index in [1.807, 2.05) is 11.8 Å². The number of aromatic nitrogens is 1. The summed E-state index contributed by atoms with van der Waals surface area (Å²) in [6, 6.07) is 1.35. The lowest BCUT2D eigenvalue weighted by Crippen LogP contribution is -2.40. The van der Waals surface area contributed by atoms with Crippen molar-refractivity contribution >= 4 is 22.6 Å². The summed E-state index contributed by atoms with van der Waals surface area (Å²) in [7, 11) is 0. The fraction of sp³-hybridized carbons (Fsp3) is 0.500. The second-order valence-corrected chi connectivity index (χ2v) is 8.04. The Morgan fingerprint density at radius 3 is 2.96 bits per heavy atom. The van der Waals surface area contributed by atoms with E-state index in [4.69, 9.17) is 4.74 Å². The van der Waals surface area contributed by atoms with Crippen LogP contribution >= 0.6 is 0 Å². The summed E-state index contributed by atoms with van der Waals surface area (Å²) in [5.74, 6) is -1.03. The molecule has 3 aliphatic rings. The molecule has 28 heavy (non-hydrogen) atoms. The predicted molar refractivity (Wildman–Crippen MR) is 102 cm³/mol. The van der Waals surface area contributed by atoms with Crippen LogP contribution < -0.4 is 20.4 Å². The highest BCUT2D eigenvalue weighted by molar-refractivity contribution is 5.97. The number of halogens is 1. The molecular weight excluding hydrogens is 365 g/mol. The minimum Gasteiger partial charge on any atom is -0.487 e. The van der Waals surface area contributed by atoms with Crippen LogP contribution in [0, 0.1) is 11.7 Å². The molecule has 3 aliphatic heterocycles. The van der Waals surface area contributed by atoms with Gasteiger partial charge in [-0.15, -0.1) is 0 Å². The summed E-state index contributed by atoms with van der Waals surface area (Å²) in [6.45, 7) is 4.59. The van der Waals surface area contributed by atoms with Crippen LogP contribution in [0.1, 0.15) is 36.2 Å². The van der Waals surface area contributed by atoms with Gasteiger partial charge in [0.25, 0.3) is 0 Å². The highest BCUT2D eigenvalue weighted by Gasteiger charge is 2.38. The van der Waals surface area contributed by atoms with Crippen molar-refractivity contribution in [1.82, 2.24) is 9.88 Å². The van der Waals surface area contributed by atoms with Gasteiger partial charge in [0.05, 0.1) is 16.9 Å². The summed E-state index contributed by atoms with van der Waals surface area (Å²) in [4.78, 5) is 26.2. The Hall–Kier alpha value is -2.61. The molecule has 2 unspecified atom stereocenters. The first-order chi connectivity index (χ1) is 13.5. The van der Waals surface area contributed by atoms with Crippen LogP contribution in [0.3, 0.4) is 0 Å². The highest BCUT2D eigenvalue weighted by atomic mass is 19.1. The molecule has 0 radical (unpaired) electrons. The zero-order chi connectivity index (χ0) is 19.6. The third kappa shape index (κ3) is 2.44. The Labute approximate surface area is 160 Å². The number of carboxylic acids is 1. The lowest BCUT2D eigenvalue weighted by molar-refractivity contribution is 0.0694. The number of pyridine rings is 1. The van der Waals surface area contributed by atoms with E-state index in [2.05, 4.69) is 5.32 Å². The molecule has 2 fully saturated rings. The molecule has 2 aromatic rings. The van der Waals surface area contributed by atoms with Gasteiger partial charge in [-0.3, -0.25) is 4.79 Å². The maximum absolute atomic E-state index is 15.2. The number of nitrogens with one attached hydrogen (secondary N) is 1. The molecule has 7 nitrogen and oxygen atoms in total. The molecule has 0 spiro atoms. The quantitative estimate of drug-likeness (QED) is 0.820. The van der Waals surface area contributed by atoms with Gasteiger partial charge in [-0.2, -0.15) is 0 Å². The monoisotopic (exact) mass is 387 g/mol. The molecule has 1 aromatic carbocycles.